The highest BCUT2D eigenvalue weighted by atomic mass is 14.7. The van der Waals surface area contributed by atoms with Crippen LogP contribution in [-0.4, -0.2) is 11.5 Å². The van der Waals surface area contributed by atoms with Gasteiger partial charge in [-0.3, -0.25) is 4.98 Å². The highest BCUT2D eigenvalue weighted by Gasteiger charge is 2.06. The third-order valence-electron chi connectivity index (χ3n) is 2.37. The first-order valence-corrected chi connectivity index (χ1v) is 4.61. The summed E-state index contributed by atoms with van der Waals surface area (Å²) in [5.41, 5.74) is 12.6. The molecule has 1 aromatic heterocycles. The first-order valence-electron chi connectivity index (χ1n) is 4.61. The van der Waals surface area contributed by atoms with Crippen LogP contribution in [0.1, 0.15) is 11.6 Å². The van der Waals surface area contributed by atoms with Crippen LogP contribution in [-0.2, 0) is 0 Å². The van der Waals surface area contributed by atoms with Crippen LogP contribution in [0.3, 0.4) is 0 Å². The number of rotatable bonds is 2. The van der Waals surface area contributed by atoms with Crippen molar-refractivity contribution in [2.45, 2.75) is 6.04 Å². The highest BCUT2D eigenvalue weighted by molar-refractivity contribution is 5.85. The molecule has 3 heteroatoms. The summed E-state index contributed by atoms with van der Waals surface area (Å²) in [6, 6.07) is 7.89. The van der Waals surface area contributed by atoms with E-state index < -0.39 is 0 Å². The lowest BCUT2D eigenvalue weighted by atomic mass is 10.0. The first-order chi connectivity index (χ1) is 6.83. The predicted octanol–water partition coefficient (Wildman–Crippen LogP) is 1.19. The Hall–Kier alpha value is -1.45. The van der Waals surface area contributed by atoms with E-state index in [0.29, 0.717) is 6.54 Å². The maximum Gasteiger partial charge on any atom is 0.0425 e. The van der Waals surface area contributed by atoms with E-state index in [2.05, 4.69) is 4.98 Å². The Kier molecular flexibility index (Phi) is 2.43. The SMILES string of the molecule is NC[C@@H](N)c1cccc2cnccc12. The van der Waals surface area contributed by atoms with E-state index in [1.807, 2.05) is 30.5 Å². The summed E-state index contributed by atoms with van der Waals surface area (Å²) < 4.78 is 0. The van der Waals surface area contributed by atoms with Gasteiger partial charge in [0.15, 0.2) is 0 Å². The average Bonchev–Trinajstić information content (AvgIpc) is 2.27. The van der Waals surface area contributed by atoms with Crippen LogP contribution in [0.5, 0.6) is 0 Å². The summed E-state index contributed by atoms with van der Waals surface area (Å²) in [6.45, 7) is 0.460. The molecule has 1 aromatic carbocycles. The molecule has 1 heterocycles. The van der Waals surface area contributed by atoms with Gasteiger partial charge in [-0.2, -0.15) is 0 Å². The zero-order chi connectivity index (χ0) is 9.97. The minimum absolute atomic E-state index is 0.0962. The zero-order valence-corrected chi connectivity index (χ0v) is 7.85. The maximum atomic E-state index is 5.91. The molecule has 0 unspecified atom stereocenters. The summed E-state index contributed by atoms with van der Waals surface area (Å²) in [4.78, 5) is 4.07. The van der Waals surface area contributed by atoms with Crippen molar-refractivity contribution < 1.29 is 0 Å². The molecule has 0 aliphatic heterocycles. The summed E-state index contributed by atoms with van der Waals surface area (Å²) in [7, 11) is 0. The van der Waals surface area contributed by atoms with Crippen molar-refractivity contribution in [2.24, 2.45) is 11.5 Å². The second kappa shape index (κ2) is 3.74. The summed E-state index contributed by atoms with van der Waals surface area (Å²) in [6.07, 6.45) is 3.61. The molecule has 3 nitrogen and oxygen atoms in total. The number of hydrogen-bond acceptors (Lipinski definition) is 3. The van der Waals surface area contributed by atoms with Gasteiger partial charge in [-0.15, -0.1) is 0 Å². The lowest BCUT2D eigenvalue weighted by Crippen LogP contribution is -2.20. The quantitative estimate of drug-likeness (QED) is 0.742. The Balaban J connectivity index is 2.65. The van der Waals surface area contributed by atoms with Gasteiger partial charge in [-0.25, -0.2) is 0 Å². The van der Waals surface area contributed by atoms with E-state index in [1.165, 1.54) is 0 Å². The fourth-order valence-corrected chi connectivity index (χ4v) is 1.60. The highest BCUT2D eigenvalue weighted by Crippen LogP contribution is 2.21. The van der Waals surface area contributed by atoms with Crippen LogP contribution in [0.15, 0.2) is 36.7 Å². The summed E-state index contributed by atoms with van der Waals surface area (Å²) in [5.74, 6) is 0. The number of aromatic nitrogens is 1. The van der Waals surface area contributed by atoms with E-state index >= 15 is 0 Å². The Morgan fingerprint density at radius 1 is 1.29 bits per heavy atom. The number of fused-ring (bicyclic) bond motifs is 1. The number of benzene rings is 1. The second-order valence-electron chi connectivity index (χ2n) is 3.29. The van der Waals surface area contributed by atoms with E-state index in [0.717, 1.165) is 16.3 Å². The molecule has 72 valence electrons. The van der Waals surface area contributed by atoms with Crippen LogP contribution in [0, 0.1) is 0 Å². The van der Waals surface area contributed by atoms with Crippen molar-refractivity contribution in [3.8, 4) is 0 Å². The van der Waals surface area contributed by atoms with Crippen molar-refractivity contribution >= 4 is 10.8 Å². The van der Waals surface area contributed by atoms with Gasteiger partial charge in [0, 0.05) is 30.4 Å². The standard InChI is InChI=1S/C11H13N3/c12-6-11(13)10-3-1-2-8-7-14-5-4-9(8)10/h1-5,7,11H,6,12-13H2/t11-/m1/s1. The van der Waals surface area contributed by atoms with E-state index in [1.54, 1.807) is 6.20 Å². The molecule has 0 fully saturated rings. The molecular formula is C11H13N3. The van der Waals surface area contributed by atoms with Gasteiger partial charge in [0.2, 0.25) is 0 Å². The number of nitrogens with two attached hydrogens (primary N) is 2. The number of nitrogens with zero attached hydrogens (tertiary/aromatic N) is 1. The molecule has 2 aromatic rings. The third kappa shape index (κ3) is 1.47. The number of pyridine rings is 1. The van der Waals surface area contributed by atoms with Crippen LogP contribution >= 0.6 is 0 Å². The molecule has 4 N–H and O–H groups in total. The van der Waals surface area contributed by atoms with Crippen LogP contribution < -0.4 is 11.5 Å². The van der Waals surface area contributed by atoms with Gasteiger partial charge in [-0.1, -0.05) is 18.2 Å². The summed E-state index contributed by atoms with van der Waals surface area (Å²) in [5, 5.41) is 2.24. The fourth-order valence-electron chi connectivity index (χ4n) is 1.60. The van der Waals surface area contributed by atoms with Crippen molar-refractivity contribution in [1.29, 1.82) is 0 Å². The fraction of sp³-hybridized carbons (Fsp3) is 0.182. The minimum atomic E-state index is -0.0962. The molecule has 0 saturated heterocycles. The monoisotopic (exact) mass is 187 g/mol. The summed E-state index contributed by atoms with van der Waals surface area (Å²) >= 11 is 0. The van der Waals surface area contributed by atoms with Gasteiger partial charge in [0.25, 0.3) is 0 Å². The molecule has 0 aliphatic carbocycles. The Morgan fingerprint density at radius 3 is 2.93 bits per heavy atom. The molecule has 0 saturated carbocycles. The molecule has 14 heavy (non-hydrogen) atoms. The lowest BCUT2D eigenvalue weighted by molar-refractivity contribution is 0.743. The smallest absolute Gasteiger partial charge is 0.0425 e. The molecule has 1 atom stereocenters. The zero-order valence-electron chi connectivity index (χ0n) is 7.85. The van der Waals surface area contributed by atoms with Gasteiger partial charge >= 0.3 is 0 Å². The van der Waals surface area contributed by atoms with Gasteiger partial charge in [0.05, 0.1) is 0 Å². The Morgan fingerprint density at radius 2 is 2.14 bits per heavy atom. The molecule has 0 aliphatic rings. The topological polar surface area (TPSA) is 64.9 Å². The number of hydrogen-bond donors (Lipinski definition) is 2. The normalized spacial score (nSPS) is 13.0. The van der Waals surface area contributed by atoms with Gasteiger partial charge in [-0.05, 0) is 17.0 Å². The molecule has 2 rings (SSSR count). The Labute approximate surface area is 82.7 Å². The van der Waals surface area contributed by atoms with E-state index in [9.17, 15) is 0 Å². The van der Waals surface area contributed by atoms with Crippen molar-refractivity contribution in [2.75, 3.05) is 6.54 Å². The lowest BCUT2D eigenvalue weighted by Gasteiger charge is -2.11. The van der Waals surface area contributed by atoms with Crippen LogP contribution in [0.4, 0.5) is 0 Å². The second-order valence-corrected chi connectivity index (χ2v) is 3.29. The Bertz CT molecular complexity index is 434. The van der Waals surface area contributed by atoms with E-state index in [4.69, 9.17) is 11.5 Å². The van der Waals surface area contributed by atoms with Crippen molar-refractivity contribution in [1.82, 2.24) is 4.98 Å². The molecule has 0 amide bonds. The molecule has 0 radical (unpaired) electrons. The largest absolute Gasteiger partial charge is 0.329 e. The third-order valence-corrected chi connectivity index (χ3v) is 2.37. The first kappa shape index (κ1) is 9.12. The molecule has 0 bridgehead atoms. The molecule has 0 spiro atoms. The predicted molar refractivity (Wildman–Crippen MR) is 57.7 cm³/mol. The van der Waals surface area contributed by atoms with E-state index in [-0.39, 0.29) is 6.04 Å². The molecular weight excluding hydrogens is 174 g/mol. The van der Waals surface area contributed by atoms with Crippen molar-refractivity contribution in [3.05, 3.63) is 42.2 Å². The average molecular weight is 187 g/mol. The van der Waals surface area contributed by atoms with Crippen molar-refractivity contribution in [3.63, 3.8) is 0 Å². The van der Waals surface area contributed by atoms with Crippen LogP contribution in [0.2, 0.25) is 0 Å². The van der Waals surface area contributed by atoms with Gasteiger partial charge in [0.1, 0.15) is 0 Å². The maximum absolute atomic E-state index is 5.91. The van der Waals surface area contributed by atoms with Crippen LogP contribution in [0.25, 0.3) is 10.8 Å². The van der Waals surface area contributed by atoms with Gasteiger partial charge < -0.3 is 11.5 Å². The minimum Gasteiger partial charge on any atom is -0.329 e.